The molecule has 8 nitrogen and oxygen atoms in total. The van der Waals surface area contributed by atoms with Gasteiger partial charge in [-0.15, -0.1) is 12.4 Å². The van der Waals surface area contributed by atoms with E-state index in [0.29, 0.717) is 25.3 Å². The Morgan fingerprint density at radius 2 is 1.95 bits per heavy atom. The van der Waals surface area contributed by atoms with E-state index in [4.69, 9.17) is 4.74 Å². The van der Waals surface area contributed by atoms with Crippen LogP contribution in [0.3, 0.4) is 0 Å². The Morgan fingerprint density at radius 3 is 2.50 bits per heavy atom. The van der Waals surface area contributed by atoms with Crippen LogP contribution in [0.15, 0.2) is 23.1 Å². The number of sulfonamides is 1. The highest BCUT2D eigenvalue weighted by Crippen LogP contribution is 2.21. The molecule has 0 aliphatic rings. The molecule has 2 N–H and O–H groups in total. The zero-order chi connectivity index (χ0) is 15.9. The minimum atomic E-state index is -3.66. The lowest BCUT2D eigenvalue weighted by molar-refractivity contribution is -0.385. The summed E-state index contributed by atoms with van der Waals surface area (Å²) >= 11 is 0. The Bertz CT molecular complexity index is 594. The first-order valence-electron chi connectivity index (χ1n) is 6.33. The van der Waals surface area contributed by atoms with Crippen LogP contribution in [0.2, 0.25) is 0 Å². The average Bonchev–Trinajstić information content (AvgIpc) is 2.42. The summed E-state index contributed by atoms with van der Waals surface area (Å²) < 4.78 is 31.3. The molecule has 22 heavy (non-hydrogen) atoms. The van der Waals surface area contributed by atoms with E-state index in [1.807, 2.05) is 0 Å². The van der Waals surface area contributed by atoms with E-state index in [-0.39, 0.29) is 29.5 Å². The second-order valence-electron chi connectivity index (χ2n) is 4.35. The molecular formula is C12H20ClN3O5S. The summed E-state index contributed by atoms with van der Waals surface area (Å²) in [6.45, 7) is 3.38. The molecule has 0 saturated heterocycles. The van der Waals surface area contributed by atoms with E-state index in [2.05, 4.69) is 10.0 Å². The number of rotatable bonds is 9. The van der Waals surface area contributed by atoms with Gasteiger partial charge in [-0.1, -0.05) is 0 Å². The summed E-state index contributed by atoms with van der Waals surface area (Å²) in [5, 5.41) is 13.7. The van der Waals surface area contributed by atoms with Crippen LogP contribution in [0.4, 0.5) is 5.69 Å². The molecule has 0 bridgehead atoms. The molecule has 0 saturated carbocycles. The summed E-state index contributed by atoms with van der Waals surface area (Å²) in [6.07, 6.45) is 0. The van der Waals surface area contributed by atoms with Crippen LogP contribution >= 0.6 is 12.4 Å². The predicted octanol–water partition coefficient (Wildman–Crippen LogP) is 0.839. The summed E-state index contributed by atoms with van der Waals surface area (Å²) in [6, 6.07) is 3.71. The highest BCUT2D eigenvalue weighted by atomic mass is 35.5. The number of benzene rings is 1. The van der Waals surface area contributed by atoms with Crippen LogP contribution in [0, 0.1) is 17.0 Å². The maximum atomic E-state index is 12.0. The number of ether oxygens (including phenoxy) is 1. The molecule has 0 aliphatic heterocycles. The van der Waals surface area contributed by atoms with Crippen LogP contribution in [0.5, 0.6) is 0 Å². The summed E-state index contributed by atoms with van der Waals surface area (Å²) in [5.41, 5.74) is 0.205. The molecule has 0 amide bonds. The lowest BCUT2D eigenvalue weighted by Crippen LogP contribution is -2.33. The van der Waals surface area contributed by atoms with Gasteiger partial charge in [-0.05, 0) is 19.1 Å². The Labute approximate surface area is 135 Å². The summed E-state index contributed by atoms with van der Waals surface area (Å²) in [4.78, 5) is 10.2. The van der Waals surface area contributed by atoms with Crippen molar-refractivity contribution in [3.63, 3.8) is 0 Å². The fourth-order valence-electron chi connectivity index (χ4n) is 1.66. The molecule has 0 spiro atoms. The Morgan fingerprint density at radius 1 is 1.27 bits per heavy atom. The SMILES string of the molecule is COCCNCCNS(=O)(=O)c1ccc([N+](=O)[O-])c(C)c1.Cl. The number of nitrogens with one attached hydrogen (secondary N) is 2. The first-order chi connectivity index (χ1) is 9.88. The maximum absolute atomic E-state index is 12.0. The molecule has 0 atom stereocenters. The number of methoxy groups -OCH3 is 1. The standard InChI is InChI=1S/C12H19N3O5S.ClH/c1-10-9-11(3-4-12(10)15(16)17)21(18,19)14-6-5-13-7-8-20-2;/h3-4,9,13-14H,5-8H2,1-2H3;1H. The van der Waals surface area contributed by atoms with Crippen LogP contribution in [-0.2, 0) is 14.8 Å². The molecule has 1 aromatic rings. The van der Waals surface area contributed by atoms with Gasteiger partial charge in [-0.2, -0.15) is 0 Å². The van der Waals surface area contributed by atoms with E-state index >= 15 is 0 Å². The number of hydrogen-bond donors (Lipinski definition) is 2. The second-order valence-corrected chi connectivity index (χ2v) is 6.11. The third kappa shape index (κ3) is 6.24. The molecule has 126 valence electrons. The van der Waals surface area contributed by atoms with E-state index in [1.165, 1.54) is 25.1 Å². The van der Waals surface area contributed by atoms with E-state index in [0.717, 1.165) is 0 Å². The number of halogens is 1. The van der Waals surface area contributed by atoms with Crippen molar-refractivity contribution in [1.29, 1.82) is 0 Å². The molecule has 10 heteroatoms. The van der Waals surface area contributed by atoms with Crippen molar-refractivity contribution in [2.45, 2.75) is 11.8 Å². The zero-order valence-corrected chi connectivity index (χ0v) is 14.0. The Balaban J connectivity index is 0.00000441. The van der Waals surface area contributed by atoms with Crippen molar-refractivity contribution in [3.05, 3.63) is 33.9 Å². The molecule has 0 radical (unpaired) electrons. The molecule has 0 heterocycles. The lowest BCUT2D eigenvalue weighted by atomic mass is 10.2. The normalized spacial score (nSPS) is 11.0. The highest BCUT2D eigenvalue weighted by Gasteiger charge is 2.17. The van der Waals surface area contributed by atoms with Crippen molar-refractivity contribution in [3.8, 4) is 0 Å². The lowest BCUT2D eigenvalue weighted by Gasteiger charge is -2.08. The number of nitrogens with zero attached hydrogens (tertiary/aromatic N) is 1. The van der Waals surface area contributed by atoms with E-state index in [9.17, 15) is 18.5 Å². The third-order valence-corrected chi connectivity index (χ3v) is 4.21. The maximum Gasteiger partial charge on any atom is 0.272 e. The second kappa shape index (κ2) is 9.70. The quantitative estimate of drug-likeness (QED) is 0.386. The van der Waals surface area contributed by atoms with Crippen LogP contribution < -0.4 is 10.0 Å². The van der Waals surface area contributed by atoms with Gasteiger partial charge in [0.2, 0.25) is 10.0 Å². The third-order valence-electron chi connectivity index (χ3n) is 2.75. The topological polar surface area (TPSA) is 111 Å². The molecule has 0 aliphatic carbocycles. The monoisotopic (exact) mass is 353 g/mol. The zero-order valence-electron chi connectivity index (χ0n) is 12.4. The minimum Gasteiger partial charge on any atom is -0.383 e. The number of nitro groups is 1. The Kier molecular flexibility index (Phi) is 9.14. The average molecular weight is 354 g/mol. The van der Waals surface area contributed by atoms with Crippen molar-refractivity contribution < 1.29 is 18.1 Å². The fourth-order valence-corrected chi connectivity index (χ4v) is 2.77. The van der Waals surface area contributed by atoms with Crippen molar-refractivity contribution in [2.24, 2.45) is 0 Å². The molecule has 0 aromatic heterocycles. The van der Waals surface area contributed by atoms with Gasteiger partial charge in [0, 0.05) is 38.4 Å². The highest BCUT2D eigenvalue weighted by molar-refractivity contribution is 7.89. The fraction of sp³-hybridized carbons (Fsp3) is 0.500. The number of aryl methyl sites for hydroxylation is 1. The van der Waals surface area contributed by atoms with Crippen molar-refractivity contribution in [1.82, 2.24) is 10.0 Å². The van der Waals surface area contributed by atoms with Crippen LogP contribution in [-0.4, -0.2) is 46.7 Å². The van der Waals surface area contributed by atoms with Gasteiger partial charge in [0.15, 0.2) is 0 Å². The molecule has 1 rings (SSSR count). The number of nitro benzene ring substituents is 1. The van der Waals surface area contributed by atoms with Gasteiger partial charge in [0.1, 0.15) is 0 Å². The number of hydrogen-bond acceptors (Lipinski definition) is 6. The van der Waals surface area contributed by atoms with Gasteiger partial charge in [-0.25, -0.2) is 13.1 Å². The van der Waals surface area contributed by atoms with Crippen molar-refractivity contribution >= 4 is 28.1 Å². The predicted molar refractivity (Wildman–Crippen MR) is 85.0 cm³/mol. The smallest absolute Gasteiger partial charge is 0.272 e. The molecular weight excluding hydrogens is 334 g/mol. The van der Waals surface area contributed by atoms with Gasteiger partial charge < -0.3 is 10.1 Å². The first kappa shape index (κ1) is 20.7. The Hall–Kier alpha value is -1.26. The van der Waals surface area contributed by atoms with E-state index in [1.54, 1.807) is 7.11 Å². The van der Waals surface area contributed by atoms with Crippen molar-refractivity contribution in [2.75, 3.05) is 33.4 Å². The molecule has 1 aromatic carbocycles. The van der Waals surface area contributed by atoms with Gasteiger partial charge in [-0.3, -0.25) is 10.1 Å². The minimum absolute atomic E-state index is 0. The van der Waals surface area contributed by atoms with Gasteiger partial charge in [0.25, 0.3) is 5.69 Å². The largest absolute Gasteiger partial charge is 0.383 e. The van der Waals surface area contributed by atoms with Crippen LogP contribution in [0.25, 0.3) is 0 Å². The summed E-state index contributed by atoms with van der Waals surface area (Å²) in [7, 11) is -2.08. The first-order valence-corrected chi connectivity index (χ1v) is 7.81. The van der Waals surface area contributed by atoms with Crippen LogP contribution in [0.1, 0.15) is 5.56 Å². The molecule has 0 unspecified atom stereocenters. The van der Waals surface area contributed by atoms with Gasteiger partial charge >= 0.3 is 0 Å². The van der Waals surface area contributed by atoms with Gasteiger partial charge in [0.05, 0.1) is 16.4 Å². The molecule has 0 fully saturated rings. The summed E-state index contributed by atoms with van der Waals surface area (Å²) in [5.74, 6) is 0. The van der Waals surface area contributed by atoms with E-state index < -0.39 is 14.9 Å².